The zero-order valence-corrected chi connectivity index (χ0v) is 15.3. The highest BCUT2D eigenvalue weighted by molar-refractivity contribution is 5.51. The van der Waals surface area contributed by atoms with E-state index < -0.39 is 0 Å². The summed E-state index contributed by atoms with van der Waals surface area (Å²) in [4.78, 5) is 2.58. The standard InChI is InChI=1S/C21H27NO2/c1-21(2,3)22-12-11-16-13-18(23-4)19(24-5)14-17(16)20(22)15-9-7-6-8-10-15/h6-10,13-14,20H,11-12H2,1-5H3. The summed E-state index contributed by atoms with van der Waals surface area (Å²) in [7, 11) is 3.40. The lowest BCUT2D eigenvalue weighted by Crippen LogP contribution is -2.47. The minimum absolute atomic E-state index is 0.0887. The van der Waals surface area contributed by atoms with Crippen molar-refractivity contribution >= 4 is 0 Å². The van der Waals surface area contributed by atoms with E-state index in [1.54, 1.807) is 14.2 Å². The number of nitrogens with zero attached hydrogens (tertiary/aromatic N) is 1. The van der Waals surface area contributed by atoms with Gasteiger partial charge in [-0.2, -0.15) is 0 Å². The number of methoxy groups -OCH3 is 2. The van der Waals surface area contributed by atoms with Gasteiger partial charge in [-0.3, -0.25) is 4.90 Å². The lowest BCUT2D eigenvalue weighted by molar-refractivity contribution is 0.0923. The zero-order valence-electron chi connectivity index (χ0n) is 15.3. The third-order valence-electron chi connectivity index (χ3n) is 4.85. The first-order chi connectivity index (χ1) is 11.5. The second-order valence-electron chi connectivity index (χ2n) is 7.33. The summed E-state index contributed by atoms with van der Waals surface area (Å²) in [6.07, 6.45) is 1.02. The maximum Gasteiger partial charge on any atom is 0.161 e. The quantitative estimate of drug-likeness (QED) is 0.832. The summed E-state index contributed by atoms with van der Waals surface area (Å²) in [5.74, 6) is 1.61. The van der Waals surface area contributed by atoms with Crippen molar-refractivity contribution in [2.45, 2.75) is 38.8 Å². The van der Waals surface area contributed by atoms with Crippen molar-refractivity contribution in [2.24, 2.45) is 0 Å². The van der Waals surface area contributed by atoms with Crippen LogP contribution >= 0.6 is 0 Å². The fraction of sp³-hybridized carbons (Fsp3) is 0.429. The molecular formula is C21H27NO2. The molecule has 2 aromatic carbocycles. The minimum Gasteiger partial charge on any atom is -0.493 e. The highest BCUT2D eigenvalue weighted by Gasteiger charge is 2.36. The highest BCUT2D eigenvalue weighted by atomic mass is 16.5. The van der Waals surface area contributed by atoms with Gasteiger partial charge in [-0.15, -0.1) is 0 Å². The van der Waals surface area contributed by atoms with Crippen LogP contribution in [0.1, 0.15) is 43.5 Å². The summed E-state index contributed by atoms with van der Waals surface area (Å²) >= 11 is 0. The van der Waals surface area contributed by atoms with E-state index >= 15 is 0 Å². The molecule has 0 N–H and O–H groups in total. The van der Waals surface area contributed by atoms with Crippen molar-refractivity contribution in [3.63, 3.8) is 0 Å². The Morgan fingerprint density at radius 3 is 2.17 bits per heavy atom. The van der Waals surface area contributed by atoms with E-state index in [1.807, 2.05) is 0 Å². The molecule has 0 radical (unpaired) electrons. The van der Waals surface area contributed by atoms with Gasteiger partial charge in [0, 0.05) is 12.1 Å². The number of hydrogen-bond donors (Lipinski definition) is 0. The van der Waals surface area contributed by atoms with Gasteiger partial charge in [0.25, 0.3) is 0 Å². The van der Waals surface area contributed by atoms with Crippen molar-refractivity contribution in [3.8, 4) is 11.5 Å². The first-order valence-electron chi connectivity index (χ1n) is 8.52. The molecule has 128 valence electrons. The Bertz CT molecular complexity index is 704. The van der Waals surface area contributed by atoms with E-state index in [1.165, 1.54) is 16.7 Å². The van der Waals surface area contributed by atoms with Gasteiger partial charge in [-0.05, 0) is 56.0 Å². The topological polar surface area (TPSA) is 21.7 Å². The monoisotopic (exact) mass is 325 g/mol. The predicted molar refractivity (Wildman–Crippen MR) is 98.0 cm³/mol. The molecule has 1 aliphatic rings. The molecule has 3 heteroatoms. The number of rotatable bonds is 3. The molecule has 0 fully saturated rings. The van der Waals surface area contributed by atoms with Crippen molar-refractivity contribution in [2.75, 3.05) is 20.8 Å². The molecule has 2 aromatic rings. The third-order valence-corrected chi connectivity index (χ3v) is 4.85. The van der Waals surface area contributed by atoms with Gasteiger partial charge in [0.05, 0.1) is 20.3 Å². The minimum atomic E-state index is 0.0887. The zero-order chi connectivity index (χ0) is 17.3. The summed E-state index contributed by atoms with van der Waals surface area (Å²) in [5, 5.41) is 0. The number of ether oxygens (including phenoxy) is 2. The van der Waals surface area contributed by atoms with Crippen molar-refractivity contribution < 1.29 is 9.47 Å². The van der Waals surface area contributed by atoms with Crippen molar-refractivity contribution in [1.29, 1.82) is 0 Å². The van der Waals surface area contributed by atoms with Gasteiger partial charge in [0.1, 0.15) is 0 Å². The van der Waals surface area contributed by atoms with Crippen LogP contribution in [0.5, 0.6) is 11.5 Å². The summed E-state index contributed by atoms with van der Waals surface area (Å²) < 4.78 is 11.1. The largest absolute Gasteiger partial charge is 0.493 e. The molecule has 3 nitrogen and oxygen atoms in total. The second kappa shape index (κ2) is 6.48. The van der Waals surface area contributed by atoms with E-state index in [0.29, 0.717) is 0 Å². The van der Waals surface area contributed by atoms with E-state index in [0.717, 1.165) is 24.5 Å². The summed E-state index contributed by atoms with van der Waals surface area (Å²) in [6, 6.07) is 15.3. The van der Waals surface area contributed by atoms with Crippen molar-refractivity contribution in [3.05, 3.63) is 59.2 Å². The van der Waals surface area contributed by atoms with Crippen molar-refractivity contribution in [1.82, 2.24) is 4.90 Å². The van der Waals surface area contributed by atoms with Gasteiger partial charge >= 0.3 is 0 Å². The van der Waals surface area contributed by atoms with Crippen LogP contribution in [-0.2, 0) is 6.42 Å². The van der Waals surface area contributed by atoms with Crippen LogP contribution in [-0.4, -0.2) is 31.2 Å². The van der Waals surface area contributed by atoms with Gasteiger partial charge in [0.15, 0.2) is 11.5 Å². The molecule has 1 atom stereocenters. The van der Waals surface area contributed by atoms with E-state index in [-0.39, 0.29) is 11.6 Å². The molecule has 1 heterocycles. The molecule has 0 amide bonds. The van der Waals surface area contributed by atoms with Gasteiger partial charge in [0.2, 0.25) is 0 Å². The predicted octanol–water partition coefficient (Wildman–Crippen LogP) is 4.45. The fourth-order valence-electron chi connectivity index (χ4n) is 3.66. The van der Waals surface area contributed by atoms with E-state index in [9.17, 15) is 0 Å². The van der Waals surface area contributed by atoms with E-state index in [4.69, 9.17) is 9.47 Å². The third kappa shape index (κ3) is 3.01. The van der Waals surface area contributed by atoms with Crippen LogP contribution in [0.2, 0.25) is 0 Å². The molecule has 0 spiro atoms. The Morgan fingerprint density at radius 2 is 1.58 bits per heavy atom. The van der Waals surface area contributed by atoms with Gasteiger partial charge in [-0.25, -0.2) is 0 Å². The van der Waals surface area contributed by atoms with Crippen LogP contribution in [0, 0.1) is 0 Å². The second-order valence-corrected chi connectivity index (χ2v) is 7.33. The molecule has 0 bridgehead atoms. The lowest BCUT2D eigenvalue weighted by Gasteiger charge is -2.46. The van der Waals surface area contributed by atoms with E-state index in [2.05, 4.69) is 68.1 Å². The Hall–Kier alpha value is -2.00. The first-order valence-corrected chi connectivity index (χ1v) is 8.52. The Kier molecular flexibility index (Phi) is 4.55. The smallest absolute Gasteiger partial charge is 0.161 e. The normalized spacial score (nSPS) is 18.1. The molecule has 1 unspecified atom stereocenters. The Balaban J connectivity index is 2.18. The number of benzene rings is 2. The van der Waals surface area contributed by atoms with Crippen LogP contribution in [0.4, 0.5) is 0 Å². The molecular weight excluding hydrogens is 298 g/mol. The fourth-order valence-corrected chi connectivity index (χ4v) is 3.66. The average molecular weight is 325 g/mol. The van der Waals surface area contributed by atoms with Gasteiger partial charge in [-0.1, -0.05) is 30.3 Å². The van der Waals surface area contributed by atoms with Crippen LogP contribution in [0.3, 0.4) is 0 Å². The Morgan fingerprint density at radius 1 is 0.958 bits per heavy atom. The lowest BCUT2D eigenvalue weighted by atomic mass is 9.84. The SMILES string of the molecule is COc1cc2c(cc1OC)C(c1ccccc1)N(C(C)(C)C)CC2. The average Bonchev–Trinajstić information content (AvgIpc) is 2.59. The molecule has 3 rings (SSSR count). The first kappa shape index (κ1) is 16.8. The molecule has 0 aromatic heterocycles. The Labute approximate surface area is 145 Å². The molecule has 0 aliphatic carbocycles. The van der Waals surface area contributed by atoms with Gasteiger partial charge < -0.3 is 9.47 Å². The molecule has 1 aliphatic heterocycles. The van der Waals surface area contributed by atoms with Crippen LogP contribution < -0.4 is 9.47 Å². The van der Waals surface area contributed by atoms with Crippen LogP contribution in [0.25, 0.3) is 0 Å². The summed E-state index contributed by atoms with van der Waals surface area (Å²) in [6.45, 7) is 7.89. The molecule has 24 heavy (non-hydrogen) atoms. The number of fused-ring (bicyclic) bond motifs is 1. The van der Waals surface area contributed by atoms with Crippen LogP contribution in [0.15, 0.2) is 42.5 Å². The maximum absolute atomic E-state index is 5.56. The molecule has 0 saturated carbocycles. The maximum atomic E-state index is 5.56. The highest BCUT2D eigenvalue weighted by Crippen LogP contribution is 2.43. The molecule has 0 saturated heterocycles. The number of hydrogen-bond acceptors (Lipinski definition) is 3. The summed E-state index contributed by atoms with van der Waals surface area (Å²) in [5.41, 5.74) is 4.08.